The highest BCUT2D eigenvalue weighted by Crippen LogP contribution is 2.22. The van der Waals surface area contributed by atoms with Crippen LogP contribution >= 0.6 is 11.3 Å². The first-order valence-corrected chi connectivity index (χ1v) is 8.46. The normalized spacial score (nSPS) is 11.7. The summed E-state index contributed by atoms with van der Waals surface area (Å²) in [6.45, 7) is 4.32. The third-order valence-corrected chi connectivity index (χ3v) is 6.09. The smallest absolute Gasteiger partial charge is 0.206 e. The van der Waals surface area contributed by atoms with Crippen molar-refractivity contribution in [2.75, 3.05) is 0 Å². The Kier molecular flexibility index (Phi) is 4.39. The van der Waals surface area contributed by atoms with Gasteiger partial charge in [0, 0.05) is 11.4 Å². The lowest BCUT2D eigenvalue weighted by atomic mass is 10.1. The molecule has 0 saturated heterocycles. The number of aryl methyl sites for hydroxylation is 2. The van der Waals surface area contributed by atoms with E-state index in [0.717, 1.165) is 22.4 Å². The fourth-order valence-electron chi connectivity index (χ4n) is 1.75. The molecule has 0 amide bonds. The first-order chi connectivity index (χ1) is 9.03. The molecule has 3 nitrogen and oxygen atoms in total. The number of sulfonamides is 1. The van der Waals surface area contributed by atoms with Gasteiger partial charge in [0.1, 0.15) is 4.21 Å². The summed E-state index contributed by atoms with van der Waals surface area (Å²) in [5.74, 6) is 0. The maximum absolute atomic E-state index is 12.1. The minimum absolute atomic E-state index is 0.328. The molecule has 0 saturated carbocycles. The molecule has 0 bridgehead atoms. The number of hydrogen-bond donors (Lipinski definition) is 1. The lowest BCUT2D eigenvalue weighted by molar-refractivity contribution is 0.583. The van der Waals surface area contributed by atoms with Crippen LogP contribution in [0.1, 0.15) is 22.9 Å². The van der Waals surface area contributed by atoms with E-state index in [1.165, 1.54) is 11.3 Å². The number of hydrogen-bond acceptors (Lipinski definition) is 3. The zero-order valence-corrected chi connectivity index (χ0v) is 12.6. The molecule has 2 aromatic rings. The molecule has 0 aliphatic rings. The number of thiophene rings is 1. The van der Waals surface area contributed by atoms with Crippen molar-refractivity contribution >= 4 is 21.4 Å². The molecule has 0 spiro atoms. The third kappa shape index (κ3) is 3.43. The van der Waals surface area contributed by atoms with Crippen molar-refractivity contribution in [1.29, 1.82) is 0 Å². The van der Waals surface area contributed by atoms with Crippen LogP contribution in [0, 0.1) is 6.92 Å². The predicted molar refractivity (Wildman–Crippen MR) is 78.9 cm³/mol. The maximum Gasteiger partial charge on any atom is 0.250 e. The molecule has 0 fully saturated rings. The van der Waals surface area contributed by atoms with Gasteiger partial charge in [-0.3, -0.25) is 0 Å². The first kappa shape index (κ1) is 14.2. The highest BCUT2D eigenvalue weighted by molar-refractivity contribution is 7.91. The summed E-state index contributed by atoms with van der Waals surface area (Å²) in [6, 6.07) is 11.3. The van der Waals surface area contributed by atoms with E-state index in [1.807, 2.05) is 44.2 Å². The van der Waals surface area contributed by atoms with Crippen molar-refractivity contribution in [1.82, 2.24) is 4.72 Å². The molecule has 1 aromatic heterocycles. The van der Waals surface area contributed by atoms with Gasteiger partial charge in [0.05, 0.1) is 0 Å². The average molecular weight is 295 g/mol. The summed E-state index contributed by atoms with van der Waals surface area (Å²) in [5, 5.41) is 0. The van der Waals surface area contributed by atoms with Crippen LogP contribution in [0.2, 0.25) is 0 Å². The van der Waals surface area contributed by atoms with E-state index in [0.29, 0.717) is 10.8 Å². The summed E-state index contributed by atoms with van der Waals surface area (Å²) < 4.78 is 27.3. The monoisotopic (exact) mass is 295 g/mol. The molecule has 0 atom stereocenters. The van der Waals surface area contributed by atoms with Crippen LogP contribution in [0.3, 0.4) is 0 Å². The molecule has 0 aliphatic carbocycles. The Balaban J connectivity index is 2.12. The molecule has 1 heterocycles. The standard InChI is InChI=1S/C14H17NO2S2/c1-3-13-8-9-14(18-13)19(16,17)15-10-12-7-5-4-6-11(12)2/h4-9,15H,3,10H2,1-2H3. The van der Waals surface area contributed by atoms with Gasteiger partial charge in [-0.25, -0.2) is 13.1 Å². The molecule has 1 aromatic carbocycles. The van der Waals surface area contributed by atoms with E-state index in [-0.39, 0.29) is 0 Å². The van der Waals surface area contributed by atoms with Crippen LogP contribution in [-0.2, 0) is 23.0 Å². The van der Waals surface area contributed by atoms with E-state index in [4.69, 9.17) is 0 Å². The van der Waals surface area contributed by atoms with Gasteiger partial charge in [-0.05, 0) is 36.6 Å². The second-order valence-corrected chi connectivity index (χ2v) is 7.49. The van der Waals surface area contributed by atoms with Crippen LogP contribution in [0.15, 0.2) is 40.6 Å². The van der Waals surface area contributed by atoms with Gasteiger partial charge in [0.25, 0.3) is 0 Å². The Morgan fingerprint density at radius 2 is 1.89 bits per heavy atom. The molecule has 102 valence electrons. The van der Waals surface area contributed by atoms with Crippen LogP contribution < -0.4 is 4.72 Å². The van der Waals surface area contributed by atoms with E-state index < -0.39 is 10.0 Å². The summed E-state index contributed by atoms with van der Waals surface area (Å²) in [6.07, 6.45) is 0.859. The summed E-state index contributed by atoms with van der Waals surface area (Å²) >= 11 is 1.33. The SMILES string of the molecule is CCc1ccc(S(=O)(=O)NCc2ccccc2C)s1. The Labute approximate surface area is 118 Å². The maximum atomic E-state index is 12.1. The highest BCUT2D eigenvalue weighted by atomic mass is 32.2. The van der Waals surface area contributed by atoms with E-state index in [9.17, 15) is 8.42 Å². The molecule has 19 heavy (non-hydrogen) atoms. The van der Waals surface area contributed by atoms with Crippen molar-refractivity contribution in [3.63, 3.8) is 0 Å². The van der Waals surface area contributed by atoms with Crippen molar-refractivity contribution in [2.24, 2.45) is 0 Å². The molecule has 0 aliphatic heterocycles. The van der Waals surface area contributed by atoms with E-state index in [2.05, 4.69) is 4.72 Å². The van der Waals surface area contributed by atoms with E-state index >= 15 is 0 Å². The first-order valence-electron chi connectivity index (χ1n) is 6.16. The molecular formula is C14H17NO2S2. The molecule has 0 unspecified atom stereocenters. The third-order valence-electron chi connectivity index (χ3n) is 2.96. The molecule has 1 N–H and O–H groups in total. The Morgan fingerprint density at radius 1 is 1.16 bits per heavy atom. The number of benzene rings is 1. The second-order valence-electron chi connectivity index (χ2n) is 4.33. The van der Waals surface area contributed by atoms with Crippen molar-refractivity contribution < 1.29 is 8.42 Å². The molecule has 5 heteroatoms. The van der Waals surface area contributed by atoms with Crippen LogP contribution in [-0.4, -0.2) is 8.42 Å². The van der Waals surface area contributed by atoms with Gasteiger partial charge in [-0.1, -0.05) is 31.2 Å². The zero-order valence-electron chi connectivity index (χ0n) is 11.0. The predicted octanol–water partition coefficient (Wildman–Crippen LogP) is 3.10. The second kappa shape index (κ2) is 5.86. The van der Waals surface area contributed by atoms with Gasteiger partial charge >= 0.3 is 0 Å². The fourth-order valence-corrected chi connectivity index (χ4v) is 4.09. The Bertz CT molecular complexity index is 660. The summed E-state index contributed by atoms with van der Waals surface area (Å²) in [5.41, 5.74) is 2.09. The number of rotatable bonds is 5. The fraction of sp³-hybridized carbons (Fsp3) is 0.286. The molecular weight excluding hydrogens is 278 g/mol. The summed E-state index contributed by atoms with van der Waals surface area (Å²) in [4.78, 5) is 1.08. The number of nitrogens with one attached hydrogen (secondary N) is 1. The minimum atomic E-state index is -3.40. The Hall–Kier alpha value is -1.17. The topological polar surface area (TPSA) is 46.2 Å². The van der Waals surface area contributed by atoms with Crippen molar-refractivity contribution in [3.8, 4) is 0 Å². The quantitative estimate of drug-likeness (QED) is 0.921. The van der Waals surface area contributed by atoms with Gasteiger partial charge in [-0.15, -0.1) is 11.3 Å². The van der Waals surface area contributed by atoms with Crippen LogP contribution in [0.25, 0.3) is 0 Å². The minimum Gasteiger partial charge on any atom is -0.206 e. The lowest BCUT2D eigenvalue weighted by Crippen LogP contribution is -2.22. The average Bonchev–Trinajstić information content (AvgIpc) is 2.87. The lowest BCUT2D eigenvalue weighted by Gasteiger charge is -2.07. The molecule has 2 rings (SSSR count). The van der Waals surface area contributed by atoms with Crippen molar-refractivity contribution in [2.45, 2.75) is 31.0 Å². The van der Waals surface area contributed by atoms with Gasteiger partial charge in [0.15, 0.2) is 0 Å². The van der Waals surface area contributed by atoms with E-state index in [1.54, 1.807) is 6.07 Å². The summed E-state index contributed by atoms with van der Waals surface area (Å²) in [7, 11) is -3.40. The largest absolute Gasteiger partial charge is 0.250 e. The zero-order chi connectivity index (χ0) is 13.9. The van der Waals surface area contributed by atoms with Crippen molar-refractivity contribution in [3.05, 3.63) is 52.4 Å². The molecule has 0 radical (unpaired) electrons. The van der Waals surface area contributed by atoms with Gasteiger partial charge in [0.2, 0.25) is 10.0 Å². The van der Waals surface area contributed by atoms with Crippen LogP contribution in [0.4, 0.5) is 0 Å². The van der Waals surface area contributed by atoms with Crippen LogP contribution in [0.5, 0.6) is 0 Å². The van der Waals surface area contributed by atoms with Gasteiger partial charge in [-0.2, -0.15) is 0 Å². The Morgan fingerprint density at radius 3 is 2.53 bits per heavy atom. The van der Waals surface area contributed by atoms with Gasteiger partial charge < -0.3 is 0 Å². The highest BCUT2D eigenvalue weighted by Gasteiger charge is 2.16.